The molecule has 1 saturated carbocycles. The lowest BCUT2D eigenvalue weighted by Gasteiger charge is -2.49. The van der Waals surface area contributed by atoms with Gasteiger partial charge in [0.1, 0.15) is 17.7 Å². The van der Waals surface area contributed by atoms with Crippen molar-refractivity contribution in [1.82, 2.24) is 9.80 Å². The number of piperidine rings is 1. The fraction of sp³-hybridized carbons (Fsp3) is 0.531. The molecule has 5 rings (SSSR count). The predicted molar refractivity (Wildman–Crippen MR) is 152 cm³/mol. The quantitative estimate of drug-likeness (QED) is 0.422. The molecule has 1 saturated heterocycles. The second kappa shape index (κ2) is 11.2. The molecule has 1 heterocycles. The Morgan fingerprint density at radius 2 is 1.55 bits per heavy atom. The zero-order valence-corrected chi connectivity index (χ0v) is 24.3. The maximum absolute atomic E-state index is 14.7. The smallest absolute Gasteiger partial charge is 0.411 e. The van der Waals surface area contributed by atoms with Crippen molar-refractivity contribution in [1.29, 1.82) is 0 Å². The average molecular weight is 585 g/mol. The van der Waals surface area contributed by atoms with Crippen LogP contribution in [-0.2, 0) is 14.3 Å². The van der Waals surface area contributed by atoms with E-state index < -0.39 is 47.7 Å². The Labute approximate surface area is 244 Å². The number of hydrogen-bond donors (Lipinski definition) is 1. The maximum atomic E-state index is 14.7. The highest BCUT2D eigenvalue weighted by atomic mass is 19.3. The van der Waals surface area contributed by atoms with Crippen LogP contribution in [0.4, 0.5) is 18.4 Å². The molecular formula is C32H38F2N2O6. The molecule has 2 amide bonds. The Hall–Kier alpha value is -3.69. The second-order valence-electron chi connectivity index (χ2n) is 12.6. The lowest BCUT2D eigenvalue weighted by Crippen LogP contribution is -2.66. The van der Waals surface area contributed by atoms with Crippen LogP contribution in [-0.4, -0.2) is 75.9 Å². The summed E-state index contributed by atoms with van der Waals surface area (Å²) in [5.74, 6) is -4.60. The molecule has 10 heteroatoms. The van der Waals surface area contributed by atoms with E-state index in [1.165, 1.54) is 4.90 Å². The standard InChI is InChI=1S/C32H38F2N2O6/c1-30(2,3)42-28(39)35-17-15-31(16-18-35,27(37)38)36(21-9-8-14-32(33,34)19-21)29(40)41-20-26-24-12-6-4-10-22(24)23-11-5-7-13-25(23)26/h4-7,10-13,21,26H,8-9,14-20H2,1-3H3,(H,37,38). The lowest BCUT2D eigenvalue weighted by atomic mass is 9.81. The van der Waals surface area contributed by atoms with Crippen molar-refractivity contribution in [3.63, 3.8) is 0 Å². The van der Waals surface area contributed by atoms with Gasteiger partial charge in [-0.05, 0) is 68.7 Å². The van der Waals surface area contributed by atoms with Gasteiger partial charge < -0.3 is 19.5 Å². The van der Waals surface area contributed by atoms with Gasteiger partial charge in [-0.25, -0.2) is 23.2 Å². The Balaban J connectivity index is 1.41. The van der Waals surface area contributed by atoms with Crippen molar-refractivity contribution in [3.05, 3.63) is 59.7 Å². The summed E-state index contributed by atoms with van der Waals surface area (Å²) in [4.78, 5) is 42.0. The molecule has 226 valence electrons. The molecule has 3 aliphatic rings. The van der Waals surface area contributed by atoms with Gasteiger partial charge in [-0.2, -0.15) is 0 Å². The van der Waals surface area contributed by atoms with E-state index in [1.807, 2.05) is 48.5 Å². The molecule has 42 heavy (non-hydrogen) atoms. The summed E-state index contributed by atoms with van der Waals surface area (Å²) in [5, 5.41) is 10.5. The molecule has 0 spiro atoms. The van der Waals surface area contributed by atoms with Crippen LogP contribution in [0.15, 0.2) is 48.5 Å². The number of likely N-dealkylation sites (tertiary alicyclic amines) is 1. The van der Waals surface area contributed by atoms with E-state index in [2.05, 4.69) is 0 Å². The average Bonchev–Trinajstić information content (AvgIpc) is 3.24. The number of carbonyl (C=O) groups is 3. The number of alkyl halides is 2. The van der Waals surface area contributed by atoms with E-state index in [-0.39, 0.29) is 57.7 Å². The third-order valence-corrected chi connectivity index (χ3v) is 8.61. The van der Waals surface area contributed by atoms with E-state index in [4.69, 9.17) is 9.47 Å². The molecule has 2 aliphatic carbocycles. The molecule has 8 nitrogen and oxygen atoms in total. The van der Waals surface area contributed by atoms with E-state index in [9.17, 15) is 28.3 Å². The molecule has 2 aromatic rings. The summed E-state index contributed by atoms with van der Waals surface area (Å²) in [6.07, 6.45) is -2.32. The summed E-state index contributed by atoms with van der Waals surface area (Å²) in [6, 6.07) is 14.6. The molecule has 0 aromatic heterocycles. The normalized spacial score (nSPS) is 21.2. The monoisotopic (exact) mass is 584 g/mol. The van der Waals surface area contributed by atoms with Gasteiger partial charge in [0, 0.05) is 37.9 Å². The number of halogens is 2. The van der Waals surface area contributed by atoms with Crippen molar-refractivity contribution < 1.29 is 37.7 Å². The molecule has 0 bridgehead atoms. The maximum Gasteiger partial charge on any atom is 0.411 e. The Morgan fingerprint density at radius 3 is 2.07 bits per heavy atom. The molecule has 2 fully saturated rings. The van der Waals surface area contributed by atoms with Gasteiger partial charge in [-0.15, -0.1) is 0 Å². The van der Waals surface area contributed by atoms with E-state index >= 15 is 0 Å². The summed E-state index contributed by atoms with van der Waals surface area (Å²) in [7, 11) is 0. The minimum Gasteiger partial charge on any atom is -0.479 e. The first-order valence-corrected chi connectivity index (χ1v) is 14.5. The highest BCUT2D eigenvalue weighted by molar-refractivity contribution is 5.85. The number of nitrogens with zero attached hydrogens (tertiary/aromatic N) is 2. The predicted octanol–water partition coefficient (Wildman–Crippen LogP) is 6.67. The first-order chi connectivity index (χ1) is 19.8. The van der Waals surface area contributed by atoms with E-state index in [0.29, 0.717) is 0 Å². The van der Waals surface area contributed by atoms with Crippen molar-refractivity contribution in [2.24, 2.45) is 0 Å². The van der Waals surface area contributed by atoms with Gasteiger partial charge >= 0.3 is 18.2 Å². The number of fused-ring (bicyclic) bond motifs is 3. The summed E-state index contributed by atoms with van der Waals surface area (Å²) in [6.45, 7) is 5.14. The van der Waals surface area contributed by atoms with Crippen LogP contribution in [0.3, 0.4) is 0 Å². The van der Waals surface area contributed by atoms with E-state index in [1.54, 1.807) is 20.8 Å². The highest BCUT2D eigenvalue weighted by Gasteiger charge is 2.55. The second-order valence-corrected chi connectivity index (χ2v) is 12.6. The van der Waals surface area contributed by atoms with Gasteiger partial charge in [-0.3, -0.25) is 4.90 Å². The lowest BCUT2D eigenvalue weighted by molar-refractivity contribution is -0.159. The highest BCUT2D eigenvalue weighted by Crippen LogP contribution is 2.45. The Bertz CT molecular complexity index is 1300. The number of carboxylic acid groups (broad SMARTS) is 1. The van der Waals surface area contributed by atoms with Crippen LogP contribution < -0.4 is 0 Å². The number of aliphatic carboxylic acids is 1. The topological polar surface area (TPSA) is 96.4 Å². The van der Waals surface area contributed by atoms with Crippen LogP contribution >= 0.6 is 0 Å². The SMILES string of the molecule is CC(C)(C)OC(=O)N1CCC(C(=O)O)(N(C(=O)OCC2c3ccccc3-c3ccccc32)C2CCCC(F)(F)C2)CC1. The number of amides is 2. The first kappa shape index (κ1) is 29.8. The van der Waals surface area contributed by atoms with Crippen LogP contribution in [0.2, 0.25) is 0 Å². The fourth-order valence-electron chi connectivity index (χ4n) is 6.65. The molecule has 1 unspecified atom stereocenters. The minimum atomic E-state index is -3.03. The number of benzene rings is 2. The van der Waals surface area contributed by atoms with Crippen molar-refractivity contribution in [3.8, 4) is 11.1 Å². The first-order valence-electron chi connectivity index (χ1n) is 14.5. The molecule has 1 N–H and O–H groups in total. The van der Waals surface area contributed by atoms with Gasteiger partial charge in [0.15, 0.2) is 0 Å². The van der Waals surface area contributed by atoms with Crippen LogP contribution in [0.25, 0.3) is 11.1 Å². The van der Waals surface area contributed by atoms with Crippen LogP contribution in [0.1, 0.15) is 76.3 Å². The largest absolute Gasteiger partial charge is 0.479 e. The number of carboxylic acids is 1. The van der Waals surface area contributed by atoms with Gasteiger partial charge in [-0.1, -0.05) is 48.5 Å². The van der Waals surface area contributed by atoms with Gasteiger partial charge in [0.25, 0.3) is 0 Å². The molecule has 1 aliphatic heterocycles. The molecular weight excluding hydrogens is 546 g/mol. The Morgan fingerprint density at radius 1 is 0.976 bits per heavy atom. The number of rotatable bonds is 5. The Kier molecular flexibility index (Phi) is 7.94. The van der Waals surface area contributed by atoms with Crippen molar-refractivity contribution >= 4 is 18.2 Å². The van der Waals surface area contributed by atoms with Crippen molar-refractivity contribution in [2.45, 2.75) is 88.3 Å². The van der Waals surface area contributed by atoms with Gasteiger partial charge in [0.2, 0.25) is 5.92 Å². The summed E-state index contributed by atoms with van der Waals surface area (Å²) >= 11 is 0. The molecule has 2 aromatic carbocycles. The van der Waals surface area contributed by atoms with Crippen molar-refractivity contribution in [2.75, 3.05) is 19.7 Å². The van der Waals surface area contributed by atoms with Crippen LogP contribution in [0.5, 0.6) is 0 Å². The minimum absolute atomic E-state index is 0.00250. The van der Waals surface area contributed by atoms with Crippen LogP contribution in [0, 0.1) is 0 Å². The fourth-order valence-corrected chi connectivity index (χ4v) is 6.65. The number of carbonyl (C=O) groups excluding carboxylic acids is 2. The summed E-state index contributed by atoms with van der Waals surface area (Å²) in [5.41, 5.74) is 1.50. The van der Waals surface area contributed by atoms with E-state index in [0.717, 1.165) is 27.2 Å². The third-order valence-electron chi connectivity index (χ3n) is 8.61. The zero-order chi connectivity index (χ0) is 30.3. The summed E-state index contributed by atoms with van der Waals surface area (Å²) < 4.78 is 40.6. The number of ether oxygens (including phenoxy) is 2. The molecule has 0 radical (unpaired) electrons. The third kappa shape index (κ3) is 5.80. The number of hydrogen-bond acceptors (Lipinski definition) is 5. The molecule has 1 atom stereocenters. The zero-order valence-electron chi connectivity index (χ0n) is 24.3. The van der Waals surface area contributed by atoms with Gasteiger partial charge in [0.05, 0.1) is 0 Å².